The van der Waals surface area contributed by atoms with Gasteiger partial charge in [-0.05, 0) is 87.9 Å². The van der Waals surface area contributed by atoms with Gasteiger partial charge in [-0.3, -0.25) is 4.79 Å². The number of esters is 1. The summed E-state index contributed by atoms with van der Waals surface area (Å²) in [4.78, 5) is 12.5. The molecule has 1 aromatic carbocycles. The Hall–Kier alpha value is -1.56. The van der Waals surface area contributed by atoms with E-state index < -0.39 is 23.4 Å². The van der Waals surface area contributed by atoms with E-state index in [9.17, 15) is 18.0 Å². The molecule has 0 heterocycles. The normalized spacial score (nSPS) is 32.4. The molecule has 0 aromatic heterocycles. The lowest BCUT2D eigenvalue weighted by atomic mass is 9.70. The number of carbonyl (C=O) groups excluding carboxylic acids is 1. The molecule has 0 N–H and O–H groups in total. The van der Waals surface area contributed by atoms with E-state index in [1.54, 1.807) is 0 Å². The van der Waals surface area contributed by atoms with E-state index >= 15 is 0 Å². The van der Waals surface area contributed by atoms with E-state index in [1.165, 1.54) is 44.9 Å². The maximum absolute atomic E-state index is 13.4. The number of benzene rings is 1. The van der Waals surface area contributed by atoms with Crippen molar-refractivity contribution in [3.8, 4) is 5.75 Å². The number of hydrogen-bond donors (Lipinski definition) is 0. The highest BCUT2D eigenvalue weighted by Crippen LogP contribution is 2.41. The molecule has 0 spiro atoms. The summed E-state index contributed by atoms with van der Waals surface area (Å²) in [5.41, 5.74) is 0. The second-order valence-electron chi connectivity index (χ2n) is 10.9. The molecule has 3 aliphatic carbocycles. The van der Waals surface area contributed by atoms with Gasteiger partial charge < -0.3 is 9.47 Å². The highest BCUT2D eigenvalue weighted by atomic mass is 19.2. The molecule has 0 aliphatic heterocycles. The second-order valence-corrected chi connectivity index (χ2v) is 10.9. The Morgan fingerprint density at radius 2 is 1.32 bits per heavy atom. The highest BCUT2D eigenvalue weighted by molar-refractivity contribution is 5.75. The quantitative estimate of drug-likeness (QED) is 0.229. The molecule has 0 saturated heterocycles. The minimum absolute atomic E-state index is 0.269. The maximum Gasteiger partial charge on any atom is 0.314 e. The molecule has 3 saturated carbocycles. The Morgan fingerprint density at radius 3 is 1.88 bits per heavy atom. The summed E-state index contributed by atoms with van der Waals surface area (Å²) in [6.07, 6.45) is 15.2. The molecule has 3 aliphatic rings. The van der Waals surface area contributed by atoms with Gasteiger partial charge in [-0.25, -0.2) is 13.2 Å². The van der Waals surface area contributed by atoms with Crippen molar-refractivity contribution in [2.45, 2.75) is 96.5 Å². The third-order valence-corrected chi connectivity index (χ3v) is 8.78. The van der Waals surface area contributed by atoms with E-state index in [4.69, 9.17) is 9.47 Å². The number of halogens is 3. The predicted octanol–water partition coefficient (Wildman–Crippen LogP) is 7.61. The fraction of sp³-hybridized carbons (Fsp3) is 0.750. The summed E-state index contributed by atoms with van der Waals surface area (Å²) in [6.45, 7) is 3.23. The van der Waals surface area contributed by atoms with Crippen LogP contribution in [-0.2, 0) is 9.53 Å². The van der Waals surface area contributed by atoms with E-state index in [0.717, 1.165) is 69.1 Å². The molecule has 0 radical (unpaired) electrons. The molecule has 6 heteroatoms. The second kappa shape index (κ2) is 11.9. The molecule has 190 valence electrons. The summed E-state index contributed by atoms with van der Waals surface area (Å²) in [6, 6.07) is 1.44. The molecule has 4 rings (SSSR count). The molecule has 0 atom stereocenters. The third kappa shape index (κ3) is 6.56. The lowest BCUT2D eigenvalue weighted by Crippen LogP contribution is -2.32. The van der Waals surface area contributed by atoms with Gasteiger partial charge in [-0.15, -0.1) is 0 Å². The number of rotatable bonds is 7. The molecular formula is C28H39F3O3. The van der Waals surface area contributed by atoms with Crippen LogP contribution in [0.25, 0.3) is 0 Å². The standard InChI is InChI=1S/C28H39F3O3/c1-2-18-3-5-19(6-4-18)17-33-23-13-11-21(12-14-23)20-7-9-22(10-8-20)28(32)34-24-15-25(29)27(31)26(30)16-24/h15-16,18-23H,2-14,17H2,1H3/t18-,19-,20-,21-,22-,23-. The first kappa shape index (κ1) is 25.5. The SMILES string of the molecule is CC[C@H]1CC[C@H](CO[C@H]2CC[C@H]([C@H]3CC[C@H](C(=O)Oc4cc(F)c(F)c(F)c4)CC3)CC2)CC1. The fourth-order valence-electron chi connectivity index (χ4n) is 6.42. The molecular weight excluding hydrogens is 441 g/mol. The van der Waals surface area contributed by atoms with Gasteiger partial charge in [-0.1, -0.05) is 26.2 Å². The largest absolute Gasteiger partial charge is 0.426 e. The first-order chi connectivity index (χ1) is 16.4. The van der Waals surface area contributed by atoms with Crippen molar-refractivity contribution in [1.82, 2.24) is 0 Å². The summed E-state index contributed by atoms with van der Waals surface area (Å²) in [5, 5.41) is 0. The molecule has 0 amide bonds. The average Bonchev–Trinajstić information content (AvgIpc) is 2.86. The van der Waals surface area contributed by atoms with Crippen molar-refractivity contribution in [2.24, 2.45) is 29.6 Å². The van der Waals surface area contributed by atoms with Gasteiger partial charge in [0.05, 0.1) is 12.0 Å². The van der Waals surface area contributed by atoms with Gasteiger partial charge >= 0.3 is 5.97 Å². The number of carbonyl (C=O) groups is 1. The maximum atomic E-state index is 13.4. The highest BCUT2D eigenvalue weighted by Gasteiger charge is 2.34. The molecule has 34 heavy (non-hydrogen) atoms. The smallest absolute Gasteiger partial charge is 0.314 e. The van der Waals surface area contributed by atoms with E-state index in [1.807, 2.05) is 0 Å². The molecule has 3 fully saturated rings. The van der Waals surface area contributed by atoms with E-state index in [0.29, 0.717) is 17.9 Å². The van der Waals surface area contributed by atoms with Crippen LogP contribution in [0.4, 0.5) is 13.2 Å². The van der Waals surface area contributed by atoms with Gasteiger partial charge in [0.2, 0.25) is 0 Å². The molecule has 0 unspecified atom stereocenters. The molecule has 1 aromatic rings. The Labute approximate surface area is 201 Å². The summed E-state index contributed by atoms with van der Waals surface area (Å²) in [7, 11) is 0. The van der Waals surface area contributed by atoms with E-state index in [-0.39, 0.29) is 11.7 Å². The lowest BCUT2D eigenvalue weighted by molar-refractivity contribution is -0.140. The van der Waals surface area contributed by atoms with Crippen LogP contribution in [0.1, 0.15) is 90.4 Å². The number of hydrogen-bond acceptors (Lipinski definition) is 3. The average molecular weight is 481 g/mol. The van der Waals surface area contributed by atoms with Crippen molar-refractivity contribution in [3.05, 3.63) is 29.6 Å². The van der Waals surface area contributed by atoms with Crippen LogP contribution in [0.3, 0.4) is 0 Å². The van der Waals surface area contributed by atoms with Crippen molar-refractivity contribution in [2.75, 3.05) is 6.61 Å². The van der Waals surface area contributed by atoms with Crippen LogP contribution in [-0.4, -0.2) is 18.7 Å². The van der Waals surface area contributed by atoms with Gasteiger partial charge in [0.25, 0.3) is 0 Å². The summed E-state index contributed by atoms with van der Waals surface area (Å²) >= 11 is 0. The minimum Gasteiger partial charge on any atom is -0.426 e. The predicted molar refractivity (Wildman–Crippen MR) is 125 cm³/mol. The Kier molecular flexibility index (Phi) is 8.95. The lowest BCUT2D eigenvalue weighted by Gasteiger charge is -2.37. The van der Waals surface area contributed by atoms with Crippen molar-refractivity contribution >= 4 is 5.97 Å². The zero-order valence-electron chi connectivity index (χ0n) is 20.4. The summed E-state index contributed by atoms with van der Waals surface area (Å²) < 4.78 is 51.3. The third-order valence-electron chi connectivity index (χ3n) is 8.78. The Bertz CT molecular complexity index is 782. The van der Waals surface area contributed by atoms with Gasteiger partial charge in [0, 0.05) is 18.7 Å². The van der Waals surface area contributed by atoms with E-state index in [2.05, 4.69) is 6.92 Å². The van der Waals surface area contributed by atoms with Crippen molar-refractivity contribution in [1.29, 1.82) is 0 Å². The summed E-state index contributed by atoms with van der Waals surface area (Å²) in [5.74, 6) is -2.29. The van der Waals surface area contributed by atoms with Crippen LogP contribution >= 0.6 is 0 Å². The van der Waals surface area contributed by atoms with Gasteiger partial charge in [0.15, 0.2) is 17.5 Å². The van der Waals surface area contributed by atoms with Crippen LogP contribution < -0.4 is 4.74 Å². The molecule has 0 bridgehead atoms. The fourth-order valence-corrected chi connectivity index (χ4v) is 6.42. The first-order valence-electron chi connectivity index (χ1n) is 13.4. The van der Waals surface area contributed by atoms with Crippen LogP contribution in [0.2, 0.25) is 0 Å². The zero-order valence-corrected chi connectivity index (χ0v) is 20.4. The Balaban J connectivity index is 1.14. The number of ether oxygens (including phenoxy) is 2. The van der Waals surface area contributed by atoms with Gasteiger partial charge in [-0.2, -0.15) is 0 Å². The van der Waals surface area contributed by atoms with Crippen LogP contribution in [0.5, 0.6) is 5.75 Å². The monoisotopic (exact) mass is 480 g/mol. The van der Waals surface area contributed by atoms with Gasteiger partial charge in [0.1, 0.15) is 5.75 Å². The first-order valence-corrected chi connectivity index (χ1v) is 13.4. The van der Waals surface area contributed by atoms with Crippen molar-refractivity contribution < 1.29 is 27.4 Å². The van der Waals surface area contributed by atoms with Crippen LogP contribution in [0.15, 0.2) is 12.1 Å². The Morgan fingerprint density at radius 1 is 0.794 bits per heavy atom. The van der Waals surface area contributed by atoms with Crippen LogP contribution in [0, 0.1) is 47.0 Å². The zero-order chi connectivity index (χ0) is 24.1. The topological polar surface area (TPSA) is 35.5 Å². The van der Waals surface area contributed by atoms with Crippen molar-refractivity contribution in [3.63, 3.8) is 0 Å². The molecule has 3 nitrogen and oxygen atoms in total. The minimum atomic E-state index is -1.56.